The molecule has 1 heterocycles. The Balaban J connectivity index is 1.98. The lowest BCUT2D eigenvalue weighted by Gasteiger charge is -2.42. The molecule has 2 atom stereocenters. The van der Waals surface area contributed by atoms with E-state index in [1.165, 1.54) is 32.2 Å². The van der Waals surface area contributed by atoms with Gasteiger partial charge < -0.3 is 5.32 Å². The van der Waals surface area contributed by atoms with E-state index < -0.39 is 0 Å². The molecule has 104 valence electrons. The molecule has 0 aromatic rings. The van der Waals surface area contributed by atoms with Crippen LogP contribution in [0.25, 0.3) is 0 Å². The SMILES string of the molecule is CC(=O)NC1CC(C(C)C)CN(C2CCCC2)C1. The summed E-state index contributed by atoms with van der Waals surface area (Å²) in [6.45, 7) is 8.56. The maximum Gasteiger partial charge on any atom is 0.217 e. The second kappa shape index (κ2) is 6.05. The van der Waals surface area contributed by atoms with E-state index in [0.29, 0.717) is 12.0 Å². The standard InChI is InChI=1S/C15H28N2O/c1-11(2)13-8-14(16-12(3)18)10-17(9-13)15-6-4-5-7-15/h11,13-15H,4-10H2,1-3H3,(H,16,18). The molecule has 2 unspecified atom stereocenters. The predicted molar refractivity (Wildman–Crippen MR) is 74.4 cm³/mol. The van der Waals surface area contributed by atoms with Crippen molar-refractivity contribution in [3.63, 3.8) is 0 Å². The summed E-state index contributed by atoms with van der Waals surface area (Å²) in [4.78, 5) is 13.9. The van der Waals surface area contributed by atoms with Gasteiger partial charge in [0.2, 0.25) is 5.91 Å². The van der Waals surface area contributed by atoms with Crippen molar-refractivity contribution in [2.75, 3.05) is 13.1 Å². The van der Waals surface area contributed by atoms with Gasteiger partial charge in [0.05, 0.1) is 0 Å². The summed E-state index contributed by atoms with van der Waals surface area (Å²) >= 11 is 0. The molecule has 18 heavy (non-hydrogen) atoms. The number of rotatable bonds is 3. The maximum absolute atomic E-state index is 11.3. The number of piperidine rings is 1. The van der Waals surface area contributed by atoms with Crippen molar-refractivity contribution in [1.82, 2.24) is 10.2 Å². The molecular formula is C15H28N2O. The second-order valence-corrected chi connectivity index (χ2v) is 6.53. The van der Waals surface area contributed by atoms with Crippen LogP contribution in [-0.4, -0.2) is 36.0 Å². The summed E-state index contributed by atoms with van der Waals surface area (Å²) in [6.07, 6.45) is 6.65. The number of carbonyl (C=O) groups is 1. The van der Waals surface area contributed by atoms with Crippen LogP contribution < -0.4 is 5.32 Å². The first-order valence-corrected chi connectivity index (χ1v) is 7.57. The molecule has 3 heteroatoms. The second-order valence-electron chi connectivity index (χ2n) is 6.53. The molecular weight excluding hydrogens is 224 g/mol. The topological polar surface area (TPSA) is 32.3 Å². The highest BCUT2D eigenvalue weighted by atomic mass is 16.1. The van der Waals surface area contributed by atoms with E-state index in [1.54, 1.807) is 6.92 Å². The fourth-order valence-electron chi connectivity index (χ4n) is 3.62. The molecule has 3 nitrogen and oxygen atoms in total. The minimum atomic E-state index is 0.121. The minimum absolute atomic E-state index is 0.121. The average Bonchev–Trinajstić information content (AvgIpc) is 2.80. The summed E-state index contributed by atoms with van der Waals surface area (Å²) in [7, 11) is 0. The van der Waals surface area contributed by atoms with Gasteiger partial charge in [-0.1, -0.05) is 26.7 Å². The molecule has 2 rings (SSSR count). The minimum Gasteiger partial charge on any atom is -0.352 e. The van der Waals surface area contributed by atoms with Crippen molar-refractivity contribution in [2.24, 2.45) is 11.8 Å². The Morgan fingerprint density at radius 2 is 1.89 bits per heavy atom. The van der Waals surface area contributed by atoms with E-state index in [1.807, 2.05) is 0 Å². The highest BCUT2D eigenvalue weighted by Crippen LogP contribution is 2.30. The van der Waals surface area contributed by atoms with Gasteiger partial charge in [0, 0.05) is 32.1 Å². The van der Waals surface area contributed by atoms with Crippen LogP contribution >= 0.6 is 0 Å². The molecule has 1 N–H and O–H groups in total. The van der Waals surface area contributed by atoms with E-state index >= 15 is 0 Å². The molecule has 2 aliphatic rings. The van der Waals surface area contributed by atoms with Crippen molar-refractivity contribution in [1.29, 1.82) is 0 Å². The first-order valence-electron chi connectivity index (χ1n) is 7.57. The van der Waals surface area contributed by atoms with Crippen LogP contribution in [0.4, 0.5) is 0 Å². The monoisotopic (exact) mass is 252 g/mol. The van der Waals surface area contributed by atoms with Crippen molar-refractivity contribution >= 4 is 5.91 Å². The maximum atomic E-state index is 11.3. The number of nitrogens with one attached hydrogen (secondary N) is 1. The Hall–Kier alpha value is -0.570. The summed E-state index contributed by atoms with van der Waals surface area (Å²) in [6, 6.07) is 1.15. The van der Waals surface area contributed by atoms with Crippen molar-refractivity contribution in [3.05, 3.63) is 0 Å². The zero-order valence-corrected chi connectivity index (χ0v) is 12.1. The molecule has 2 fully saturated rings. The molecule has 0 bridgehead atoms. The number of amides is 1. The van der Waals surface area contributed by atoms with Crippen LogP contribution in [0.5, 0.6) is 0 Å². The van der Waals surface area contributed by atoms with Gasteiger partial charge in [-0.05, 0) is 31.1 Å². The fourth-order valence-corrected chi connectivity index (χ4v) is 3.62. The lowest BCUT2D eigenvalue weighted by molar-refractivity contribution is -0.120. The highest BCUT2D eigenvalue weighted by Gasteiger charge is 2.33. The van der Waals surface area contributed by atoms with E-state index in [-0.39, 0.29) is 5.91 Å². The van der Waals surface area contributed by atoms with Crippen molar-refractivity contribution in [3.8, 4) is 0 Å². The molecule has 1 aliphatic carbocycles. The van der Waals surface area contributed by atoms with E-state index in [9.17, 15) is 4.79 Å². The molecule has 0 radical (unpaired) electrons. The zero-order valence-electron chi connectivity index (χ0n) is 12.1. The largest absolute Gasteiger partial charge is 0.352 e. The summed E-state index contributed by atoms with van der Waals surface area (Å²) < 4.78 is 0. The summed E-state index contributed by atoms with van der Waals surface area (Å²) in [5.41, 5.74) is 0. The zero-order chi connectivity index (χ0) is 13.1. The summed E-state index contributed by atoms with van der Waals surface area (Å²) in [5.74, 6) is 1.57. The van der Waals surface area contributed by atoms with Gasteiger partial charge in [-0.25, -0.2) is 0 Å². The third kappa shape index (κ3) is 3.47. The van der Waals surface area contributed by atoms with Crippen LogP contribution in [0.2, 0.25) is 0 Å². The Morgan fingerprint density at radius 3 is 2.44 bits per heavy atom. The summed E-state index contributed by atoms with van der Waals surface area (Å²) in [5, 5.41) is 3.14. The van der Waals surface area contributed by atoms with E-state index in [2.05, 4.69) is 24.1 Å². The Labute approximate surface area is 111 Å². The number of likely N-dealkylation sites (tertiary alicyclic amines) is 1. The normalized spacial score (nSPS) is 30.9. The lowest BCUT2D eigenvalue weighted by Crippen LogP contribution is -2.53. The van der Waals surface area contributed by atoms with Crippen LogP contribution in [0.3, 0.4) is 0 Å². The molecule has 0 aromatic carbocycles. The average molecular weight is 252 g/mol. The van der Waals surface area contributed by atoms with Gasteiger partial charge >= 0.3 is 0 Å². The van der Waals surface area contributed by atoms with Gasteiger partial charge in [0.1, 0.15) is 0 Å². The molecule has 0 spiro atoms. The molecule has 0 aromatic heterocycles. The number of hydrogen-bond donors (Lipinski definition) is 1. The highest BCUT2D eigenvalue weighted by molar-refractivity contribution is 5.73. The molecule has 1 saturated carbocycles. The third-order valence-corrected chi connectivity index (χ3v) is 4.70. The van der Waals surface area contributed by atoms with Crippen LogP contribution in [-0.2, 0) is 4.79 Å². The third-order valence-electron chi connectivity index (χ3n) is 4.70. The van der Waals surface area contributed by atoms with E-state index in [0.717, 1.165) is 24.9 Å². The quantitative estimate of drug-likeness (QED) is 0.836. The Kier molecular flexibility index (Phi) is 4.66. The molecule has 1 aliphatic heterocycles. The van der Waals surface area contributed by atoms with E-state index in [4.69, 9.17) is 0 Å². The van der Waals surface area contributed by atoms with Crippen LogP contribution in [0.1, 0.15) is 52.9 Å². The smallest absolute Gasteiger partial charge is 0.217 e. The Bertz CT molecular complexity index is 284. The first-order chi connectivity index (χ1) is 8.56. The van der Waals surface area contributed by atoms with Gasteiger partial charge in [0.15, 0.2) is 0 Å². The Morgan fingerprint density at radius 1 is 1.22 bits per heavy atom. The van der Waals surface area contributed by atoms with Gasteiger partial charge in [-0.15, -0.1) is 0 Å². The molecule has 1 saturated heterocycles. The van der Waals surface area contributed by atoms with Crippen LogP contribution in [0, 0.1) is 11.8 Å². The van der Waals surface area contributed by atoms with Gasteiger partial charge in [-0.3, -0.25) is 9.69 Å². The van der Waals surface area contributed by atoms with Crippen molar-refractivity contribution < 1.29 is 4.79 Å². The van der Waals surface area contributed by atoms with Gasteiger partial charge in [0.25, 0.3) is 0 Å². The molecule has 1 amide bonds. The number of carbonyl (C=O) groups excluding carboxylic acids is 1. The lowest BCUT2D eigenvalue weighted by atomic mass is 9.84. The predicted octanol–water partition coefficient (Wildman–Crippen LogP) is 2.41. The first kappa shape index (κ1) is 13.9. The van der Waals surface area contributed by atoms with Crippen LogP contribution in [0.15, 0.2) is 0 Å². The number of hydrogen-bond acceptors (Lipinski definition) is 2. The van der Waals surface area contributed by atoms with Gasteiger partial charge in [-0.2, -0.15) is 0 Å². The fraction of sp³-hybridized carbons (Fsp3) is 0.933. The number of nitrogens with zero attached hydrogens (tertiary/aromatic N) is 1. The van der Waals surface area contributed by atoms with Crippen molar-refractivity contribution in [2.45, 2.75) is 65.0 Å².